The Hall–Kier alpha value is -0.610. The van der Waals surface area contributed by atoms with Crippen molar-refractivity contribution in [1.82, 2.24) is 4.90 Å². The largest absolute Gasteiger partial charge is 0.468 e. The van der Waals surface area contributed by atoms with Crippen molar-refractivity contribution >= 4 is 5.97 Å². The van der Waals surface area contributed by atoms with Crippen LogP contribution in [0.2, 0.25) is 0 Å². The van der Waals surface area contributed by atoms with Crippen molar-refractivity contribution in [3.63, 3.8) is 0 Å². The van der Waals surface area contributed by atoms with Crippen molar-refractivity contribution < 1.29 is 9.53 Å². The molecular formula is C11H22N2O2. The maximum atomic E-state index is 11.5. The molecule has 0 aromatic heterocycles. The summed E-state index contributed by atoms with van der Waals surface area (Å²) >= 11 is 0. The van der Waals surface area contributed by atoms with Crippen molar-refractivity contribution in [3.8, 4) is 0 Å². The topological polar surface area (TPSA) is 55.6 Å². The van der Waals surface area contributed by atoms with E-state index in [0.29, 0.717) is 12.5 Å². The number of ether oxygens (including phenoxy) is 1. The van der Waals surface area contributed by atoms with E-state index < -0.39 is 0 Å². The Bertz CT molecular complexity index is 209. The van der Waals surface area contributed by atoms with E-state index in [0.717, 1.165) is 19.5 Å². The first kappa shape index (κ1) is 12.5. The molecule has 1 aliphatic rings. The monoisotopic (exact) mass is 214 g/mol. The first-order valence-corrected chi connectivity index (χ1v) is 5.74. The van der Waals surface area contributed by atoms with Gasteiger partial charge in [-0.05, 0) is 25.3 Å². The minimum absolute atomic E-state index is 0.200. The Kier molecular flexibility index (Phi) is 5.05. The lowest BCUT2D eigenvalue weighted by molar-refractivity contribution is -0.147. The predicted molar refractivity (Wildman–Crippen MR) is 59.4 cm³/mol. The van der Waals surface area contributed by atoms with E-state index in [1.165, 1.54) is 20.0 Å². The number of carbonyl (C=O) groups excluding carboxylic acids is 1. The maximum Gasteiger partial charge on any atom is 0.324 e. The fourth-order valence-corrected chi connectivity index (χ4v) is 2.24. The van der Waals surface area contributed by atoms with E-state index in [9.17, 15) is 4.79 Å². The maximum absolute atomic E-state index is 11.5. The van der Waals surface area contributed by atoms with Gasteiger partial charge < -0.3 is 10.5 Å². The molecule has 0 radical (unpaired) electrons. The molecule has 0 aromatic carbocycles. The number of nitrogens with two attached hydrogens (primary N) is 1. The summed E-state index contributed by atoms with van der Waals surface area (Å²) in [7, 11) is 1.42. The van der Waals surface area contributed by atoms with E-state index in [1.54, 1.807) is 0 Å². The third-order valence-corrected chi connectivity index (χ3v) is 3.27. The summed E-state index contributed by atoms with van der Waals surface area (Å²) in [5.41, 5.74) is 5.62. The van der Waals surface area contributed by atoms with Gasteiger partial charge in [-0.15, -0.1) is 0 Å². The zero-order valence-electron chi connectivity index (χ0n) is 9.74. The van der Waals surface area contributed by atoms with Crippen LogP contribution < -0.4 is 5.73 Å². The van der Waals surface area contributed by atoms with Gasteiger partial charge in [-0.3, -0.25) is 9.69 Å². The summed E-state index contributed by atoms with van der Waals surface area (Å²) in [4.78, 5) is 13.7. The highest BCUT2D eigenvalue weighted by Gasteiger charge is 2.29. The predicted octanol–water partition coefficient (Wildman–Crippen LogP) is 0.609. The van der Waals surface area contributed by atoms with Crippen molar-refractivity contribution in [2.45, 2.75) is 32.2 Å². The highest BCUT2D eigenvalue weighted by Crippen LogP contribution is 2.20. The van der Waals surface area contributed by atoms with Crippen LogP contribution in [0.5, 0.6) is 0 Å². The third kappa shape index (κ3) is 3.18. The third-order valence-electron chi connectivity index (χ3n) is 3.27. The Morgan fingerprint density at radius 1 is 1.67 bits per heavy atom. The summed E-state index contributed by atoms with van der Waals surface area (Å²) in [5, 5.41) is 0. The molecule has 1 rings (SSSR count). The van der Waals surface area contributed by atoms with Crippen molar-refractivity contribution in [2.75, 3.05) is 26.7 Å². The molecule has 0 aliphatic carbocycles. The first-order chi connectivity index (χ1) is 7.22. The normalized spacial score (nSPS) is 24.9. The Balaban J connectivity index is 2.55. The Morgan fingerprint density at radius 3 is 2.93 bits per heavy atom. The average molecular weight is 214 g/mol. The molecule has 4 nitrogen and oxygen atoms in total. The number of carbonyl (C=O) groups is 1. The molecule has 2 unspecified atom stereocenters. The van der Waals surface area contributed by atoms with Gasteiger partial charge in [-0.2, -0.15) is 0 Å². The van der Waals surface area contributed by atoms with Crippen LogP contribution >= 0.6 is 0 Å². The molecule has 2 atom stereocenters. The molecular weight excluding hydrogens is 192 g/mol. The van der Waals surface area contributed by atoms with Crippen LogP contribution in [0.15, 0.2) is 0 Å². The number of rotatable bonds is 4. The van der Waals surface area contributed by atoms with E-state index >= 15 is 0 Å². The lowest BCUT2D eigenvalue weighted by Gasteiger charge is -2.36. The zero-order chi connectivity index (χ0) is 11.3. The number of likely N-dealkylation sites (tertiary alicyclic amines) is 1. The fraction of sp³-hybridized carbons (Fsp3) is 0.909. The van der Waals surface area contributed by atoms with Crippen molar-refractivity contribution in [3.05, 3.63) is 0 Å². The summed E-state index contributed by atoms with van der Waals surface area (Å²) in [5.74, 6) is 0.506. The van der Waals surface area contributed by atoms with E-state index in [-0.39, 0.29) is 12.0 Å². The molecule has 88 valence electrons. The van der Waals surface area contributed by atoms with Gasteiger partial charge in [0.05, 0.1) is 7.11 Å². The molecule has 4 heteroatoms. The van der Waals surface area contributed by atoms with Crippen molar-refractivity contribution in [2.24, 2.45) is 11.7 Å². The molecule has 0 saturated carbocycles. The van der Waals surface area contributed by atoms with Crippen molar-refractivity contribution in [1.29, 1.82) is 0 Å². The van der Waals surface area contributed by atoms with Gasteiger partial charge in [0, 0.05) is 13.1 Å². The SMILES string of the molecule is CCC1CCCN(C(CN)C(=O)OC)C1. The zero-order valence-corrected chi connectivity index (χ0v) is 9.74. The van der Waals surface area contributed by atoms with Gasteiger partial charge in [0.25, 0.3) is 0 Å². The quantitative estimate of drug-likeness (QED) is 0.697. The van der Waals surface area contributed by atoms with Crippen LogP contribution in [0.25, 0.3) is 0 Å². The van der Waals surface area contributed by atoms with Crippen LogP contribution in [-0.2, 0) is 9.53 Å². The summed E-state index contributed by atoms with van der Waals surface area (Å²) in [6, 6.07) is -0.246. The molecule has 1 saturated heterocycles. The van der Waals surface area contributed by atoms with Crippen LogP contribution in [0, 0.1) is 5.92 Å². The Labute approximate surface area is 91.8 Å². The van der Waals surface area contributed by atoms with Gasteiger partial charge in [0.15, 0.2) is 0 Å². The summed E-state index contributed by atoms with van der Waals surface area (Å²) in [6.07, 6.45) is 3.60. The molecule has 0 aromatic rings. The number of esters is 1. The highest BCUT2D eigenvalue weighted by molar-refractivity contribution is 5.75. The second-order valence-corrected chi connectivity index (χ2v) is 4.19. The molecule has 0 bridgehead atoms. The summed E-state index contributed by atoms with van der Waals surface area (Å²) < 4.78 is 4.76. The van der Waals surface area contributed by atoms with Gasteiger partial charge in [0.2, 0.25) is 0 Å². The first-order valence-electron chi connectivity index (χ1n) is 5.74. The van der Waals surface area contributed by atoms with Crippen LogP contribution in [0.1, 0.15) is 26.2 Å². The minimum atomic E-state index is -0.246. The van der Waals surface area contributed by atoms with E-state index in [2.05, 4.69) is 11.8 Å². The number of methoxy groups -OCH3 is 1. The van der Waals surface area contributed by atoms with Gasteiger partial charge in [0.1, 0.15) is 6.04 Å². The van der Waals surface area contributed by atoms with Gasteiger partial charge in [-0.1, -0.05) is 13.3 Å². The number of hydrogen-bond donors (Lipinski definition) is 1. The minimum Gasteiger partial charge on any atom is -0.468 e. The fourth-order valence-electron chi connectivity index (χ4n) is 2.24. The molecule has 2 N–H and O–H groups in total. The molecule has 0 amide bonds. The Morgan fingerprint density at radius 2 is 2.40 bits per heavy atom. The number of nitrogens with zero attached hydrogens (tertiary/aromatic N) is 1. The smallest absolute Gasteiger partial charge is 0.324 e. The van der Waals surface area contributed by atoms with Crippen LogP contribution in [0.4, 0.5) is 0 Å². The highest BCUT2D eigenvalue weighted by atomic mass is 16.5. The van der Waals surface area contributed by atoms with Gasteiger partial charge in [-0.25, -0.2) is 0 Å². The van der Waals surface area contributed by atoms with Crippen LogP contribution in [-0.4, -0.2) is 43.7 Å². The molecule has 15 heavy (non-hydrogen) atoms. The van der Waals surface area contributed by atoms with Gasteiger partial charge >= 0.3 is 5.97 Å². The van der Waals surface area contributed by atoms with E-state index in [4.69, 9.17) is 10.5 Å². The van der Waals surface area contributed by atoms with E-state index in [1.807, 2.05) is 0 Å². The lowest BCUT2D eigenvalue weighted by atomic mass is 9.94. The molecule has 1 heterocycles. The molecule has 1 fully saturated rings. The lowest BCUT2D eigenvalue weighted by Crippen LogP contribution is -2.50. The molecule has 0 spiro atoms. The second-order valence-electron chi connectivity index (χ2n) is 4.19. The van der Waals surface area contributed by atoms with Crippen LogP contribution in [0.3, 0.4) is 0 Å². The molecule has 1 aliphatic heterocycles. The number of hydrogen-bond acceptors (Lipinski definition) is 4. The standard InChI is InChI=1S/C11H22N2O2/c1-3-9-5-4-6-13(8-9)10(7-12)11(14)15-2/h9-10H,3-8,12H2,1-2H3. The average Bonchev–Trinajstić information content (AvgIpc) is 2.30. The summed E-state index contributed by atoms with van der Waals surface area (Å²) in [6.45, 7) is 4.49. The number of piperidine rings is 1. The second kappa shape index (κ2) is 6.08.